The van der Waals surface area contributed by atoms with Crippen LogP contribution in [0, 0.1) is 0 Å². The summed E-state index contributed by atoms with van der Waals surface area (Å²) in [6.07, 6.45) is 1.14. The minimum Gasteiger partial charge on any atom is -0.466 e. The Morgan fingerprint density at radius 2 is 1.79 bits per heavy atom. The van der Waals surface area contributed by atoms with Gasteiger partial charge in [-0.25, -0.2) is 0 Å². The average molecular weight is 194 g/mol. The van der Waals surface area contributed by atoms with E-state index in [0.29, 0.717) is 6.61 Å². The van der Waals surface area contributed by atoms with Crippen molar-refractivity contribution in [2.45, 2.75) is 27.2 Å². The molecule has 0 spiro atoms. The third-order valence-corrected chi connectivity index (χ3v) is 1.60. The van der Waals surface area contributed by atoms with Crippen molar-refractivity contribution in [2.75, 3.05) is 6.61 Å². The summed E-state index contributed by atoms with van der Waals surface area (Å²) >= 11 is 0. The van der Waals surface area contributed by atoms with Gasteiger partial charge in [0.05, 0.1) is 6.61 Å². The lowest BCUT2D eigenvalue weighted by atomic mass is 10.2. The zero-order valence-corrected chi connectivity index (χ0v) is 9.12. The van der Waals surface area contributed by atoms with Crippen LogP contribution in [0.15, 0.2) is 30.3 Å². The Balaban J connectivity index is 0.000000255. The molecule has 0 amide bonds. The fraction of sp³-hybridized carbons (Fsp3) is 0.417. The minimum absolute atomic E-state index is 0.211. The van der Waals surface area contributed by atoms with Crippen molar-refractivity contribution in [3.05, 3.63) is 35.9 Å². The molecule has 0 atom stereocenters. The second kappa shape index (κ2) is 8.30. The minimum atomic E-state index is -0.211. The van der Waals surface area contributed by atoms with Crippen molar-refractivity contribution in [1.82, 2.24) is 0 Å². The smallest absolute Gasteiger partial charge is 0.302 e. The molecule has 0 N–H and O–H groups in total. The SMILES string of the molecule is CCOC(C)=O.CCc1ccccc1. The van der Waals surface area contributed by atoms with Crippen LogP contribution in [-0.2, 0) is 16.0 Å². The van der Waals surface area contributed by atoms with Gasteiger partial charge in [-0.15, -0.1) is 0 Å². The molecule has 0 aliphatic heterocycles. The van der Waals surface area contributed by atoms with Crippen molar-refractivity contribution in [1.29, 1.82) is 0 Å². The number of carbonyl (C=O) groups is 1. The van der Waals surface area contributed by atoms with Gasteiger partial charge >= 0.3 is 5.97 Å². The fourth-order valence-corrected chi connectivity index (χ4v) is 0.917. The Labute approximate surface area is 85.9 Å². The summed E-state index contributed by atoms with van der Waals surface area (Å²) in [6.45, 7) is 5.82. The zero-order valence-electron chi connectivity index (χ0n) is 9.12. The van der Waals surface area contributed by atoms with Gasteiger partial charge in [-0.3, -0.25) is 4.79 Å². The maximum atomic E-state index is 9.82. The highest BCUT2D eigenvalue weighted by molar-refractivity contribution is 5.65. The van der Waals surface area contributed by atoms with Crippen LogP contribution in [0.1, 0.15) is 26.3 Å². The van der Waals surface area contributed by atoms with Gasteiger partial charge in [0.1, 0.15) is 0 Å². The van der Waals surface area contributed by atoms with Gasteiger partial charge in [-0.1, -0.05) is 37.3 Å². The first-order chi connectivity index (χ1) is 6.70. The lowest BCUT2D eigenvalue weighted by Crippen LogP contribution is -1.95. The van der Waals surface area contributed by atoms with E-state index in [1.807, 2.05) is 6.07 Å². The second-order valence-corrected chi connectivity index (χ2v) is 2.76. The highest BCUT2D eigenvalue weighted by atomic mass is 16.5. The molecule has 2 heteroatoms. The van der Waals surface area contributed by atoms with Crippen LogP contribution in [-0.4, -0.2) is 12.6 Å². The maximum absolute atomic E-state index is 9.82. The van der Waals surface area contributed by atoms with Crippen molar-refractivity contribution in [3.8, 4) is 0 Å². The number of esters is 1. The van der Waals surface area contributed by atoms with Gasteiger partial charge in [-0.05, 0) is 18.9 Å². The summed E-state index contributed by atoms with van der Waals surface area (Å²) in [4.78, 5) is 9.82. The van der Waals surface area contributed by atoms with Gasteiger partial charge in [-0.2, -0.15) is 0 Å². The Hall–Kier alpha value is -1.31. The first-order valence-electron chi connectivity index (χ1n) is 4.88. The standard InChI is InChI=1S/C8H10.C4H8O2/c1-2-8-6-4-3-5-7-8;1-3-6-4(2)5/h3-7H,2H2,1H3;3H2,1-2H3. The van der Waals surface area contributed by atoms with Crippen molar-refractivity contribution in [3.63, 3.8) is 0 Å². The van der Waals surface area contributed by atoms with E-state index in [4.69, 9.17) is 0 Å². The summed E-state index contributed by atoms with van der Waals surface area (Å²) in [7, 11) is 0. The fourth-order valence-electron chi connectivity index (χ4n) is 0.917. The van der Waals surface area contributed by atoms with E-state index in [1.54, 1.807) is 6.92 Å². The van der Waals surface area contributed by atoms with E-state index < -0.39 is 0 Å². The first kappa shape index (κ1) is 12.7. The van der Waals surface area contributed by atoms with E-state index in [9.17, 15) is 4.79 Å². The molecule has 0 radical (unpaired) electrons. The zero-order chi connectivity index (χ0) is 10.8. The summed E-state index contributed by atoms with van der Waals surface area (Å²) < 4.78 is 4.40. The van der Waals surface area contributed by atoms with Crippen molar-refractivity contribution in [2.24, 2.45) is 0 Å². The molecule has 0 aliphatic carbocycles. The molecule has 14 heavy (non-hydrogen) atoms. The Morgan fingerprint density at radius 1 is 1.21 bits per heavy atom. The molecule has 0 saturated heterocycles. The van der Waals surface area contributed by atoms with Crippen molar-refractivity contribution < 1.29 is 9.53 Å². The molecule has 1 aromatic rings. The number of hydrogen-bond donors (Lipinski definition) is 0. The molecule has 0 bridgehead atoms. The molecule has 0 aliphatic rings. The average Bonchev–Trinajstić information content (AvgIpc) is 2.20. The number of hydrogen-bond acceptors (Lipinski definition) is 2. The molecule has 2 nitrogen and oxygen atoms in total. The molecule has 1 rings (SSSR count). The summed E-state index contributed by atoms with van der Waals surface area (Å²) in [5.41, 5.74) is 1.41. The summed E-state index contributed by atoms with van der Waals surface area (Å²) in [6, 6.07) is 10.5. The number of aryl methyl sites for hydroxylation is 1. The van der Waals surface area contributed by atoms with Crippen LogP contribution in [0.2, 0.25) is 0 Å². The van der Waals surface area contributed by atoms with Crippen LogP contribution in [0.3, 0.4) is 0 Å². The third kappa shape index (κ3) is 7.35. The molecule has 1 aromatic carbocycles. The Kier molecular flexibility index (Phi) is 7.52. The van der Waals surface area contributed by atoms with E-state index in [0.717, 1.165) is 6.42 Å². The van der Waals surface area contributed by atoms with Crippen LogP contribution in [0.25, 0.3) is 0 Å². The Morgan fingerprint density at radius 3 is 2.00 bits per heavy atom. The molecule has 0 aromatic heterocycles. The summed E-state index contributed by atoms with van der Waals surface area (Å²) in [5, 5.41) is 0. The van der Waals surface area contributed by atoms with Crippen LogP contribution < -0.4 is 0 Å². The normalized spacial score (nSPS) is 8.50. The van der Waals surface area contributed by atoms with Gasteiger partial charge in [0.25, 0.3) is 0 Å². The predicted molar refractivity (Wildman–Crippen MR) is 58.1 cm³/mol. The lowest BCUT2D eigenvalue weighted by molar-refractivity contribution is -0.140. The van der Waals surface area contributed by atoms with Crippen LogP contribution >= 0.6 is 0 Å². The van der Waals surface area contributed by atoms with E-state index in [2.05, 4.69) is 35.9 Å². The predicted octanol–water partition coefficient (Wildman–Crippen LogP) is 2.82. The lowest BCUT2D eigenvalue weighted by Gasteiger charge is -1.89. The number of ether oxygens (including phenoxy) is 1. The Bertz CT molecular complexity index is 242. The monoisotopic (exact) mass is 194 g/mol. The van der Waals surface area contributed by atoms with Crippen molar-refractivity contribution >= 4 is 5.97 Å². The number of rotatable bonds is 2. The van der Waals surface area contributed by atoms with E-state index in [1.165, 1.54) is 12.5 Å². The van der Waals surface area contributed by atoms with Gasteiger partial charge in [0.2, 0.25) is 0 Å². The van der Waals surface area contributed by atoms with E-state index in [-0.39, 0.29) is 5.97 Å². The molecular weight excluding hydrogens is 176 g/mol. The first-order valence-corrected chi connectivity index (χ1v) is 4.88. The number of benzene rings is 1. The summed E-state index contributed by atoms with van der Waals surface area (Å²) in [5.74, 6) is -0.211. The maximum Gasteiger partial charge on any atom is 0.302 e. The largest absolute Gasteiger partial charge is 0.466 e. The molecule has 0 unspecified atom stereocenters. The molecule has 0 heterocycles. The highest BCUT2D eigenvalue weighted by Gasteiger charge is 1.81. The van der Waals surface area contributed by atoms with Crippen LogP contribution in [0.4, 0.5) is 0 Å². The molecule has 0 fully saturated rings. The quantitative estimate of drug-likeness (QED) is 0.677. The van der Waals surface area contributed by atoms with Crippen LogP contribution in [0.5, 0.6) is 0 Å². The van der Waals surface area contributed by atoms with E-state index >= 15 is 0 Å². The highest BCUT2D eigenvalue weighted by Crippen LogP contribution is 1.96. The topological polar surface area (TPSA) is 26.3 Å². The third-order valence-electron chi connectivity index (χ3n) is 1.60. The van der Waals surface area contributed by atoms with Gasteiger partial charge in [0, 0.05) is 6.92 Å². The molecule has 0 saturated carbocycles. The molecule has 78 valence electrons. The number of carbonyl (C=O) groups excluding carboxylic acids is 1. The van der Waals surface area contributed by atoms with Gasteiger partial charge < -0.3 is 4.74 Å². The van der Waals surface area contributed by atoms with Gasteiger partial charge in [0.15, 0.2) is 0 Å². The second-order valence-electron chi connectivity index (χ2n) is 2.76. The molecular formula is C12H18O2.